The average molecular weight is 286 g/mol. The summed E-state index contributed by atoms with van der Waals surface area (Å²) < 4.78 is 34.4. The second kappa shape index (κ2) is 3.66. The molecule has 0 aromatic carbocycles. The number of rotatable bonds is 2. The third kappa shape index (κ3) is 1.62. The summed E-state index contributed by atoms with van der Waals surface area (Å²) in [5, 5.41) is -2.82. The van der Waals surface area contributed by atoms with E-state index in [0.29, 0.717) is 0 Å². The molecule has 1 saturated heterocycles. The van der Waals surface area contributed by atoms with Gasteiger partial charge in [0.15, 0.2) is 5.34 Å². The SMILES string of the molecule is COP1(=O)OC(C)(P(=O)(O)O)C(C)(C)C1(C)C. The molecule has 0 saturated carbocycles. The molecule has 8 heteroatoms. The highest BCUT2D eigenvalue weighted by molar-refractivity contribution is 7.59. The molecule has 0 aromatic heterocycles. The molecule has 0 aromatic rings. The minimum Gasteiger partial charge on any atom is -0.322 e. The van der Waals surface area contributed by atoms with Crippen LogP contribution in [-0.4, -0.2) is 27.4 Å². The maximum Gasteiger partial charge on any atom is 0.357 e. The van der Waals surface area contributed by atoms with E-state index < -0.39 is 31.1 Å². The lowest BCUT2D eigenvalue weighted by Crippen LogP contribution is -2.47. The van der Waals surface area contributed by atoms with Gasteiger partial charge in [-0.2, -0.15) is 0 Å². The molecule has 102 valence electrons. The Morgan fingerprint density at radius 2 is 1.59 bits per heavy atom. The second-order valence-electron chi connectivity index (χ2n) is 5.48. The van der Waals surface area contributed by atoms with Crippen molar-refractivity contribution >= 4 is 15.2 Å². The lowest BCUT2D eigenvalue weighted by atomic mass is 9.75. The molecule has 0 amide bonds. The first-order valence-electron chi connectivity index (χ1n) is 5.19. The van der Waals surface area contributed by atoms with Gasteiger partial charge in [-0.25, -0.2) is 0 Å². The summed E-state index contributed by atoms with van der Waals surface area (Å²) in [5.74, 6) is 0. The lowest BCUT2D eigenvalue weighted by molar-refractivity contribution is 0.0465. The maximum absolute atomic E-state index is 12.5. The van der Waals surface area contributed by atoms with Crippen LogP contribution >= 0.6 is 15.2 Å². The van der Waals surface area contributed by atoms with E-state index in [2.05, 4.69) is 0 Å². The van der Waals surface area contributed by atoms with Gasteiger partial charge in [0.1, 0.15) is 0 Å². The Hall–Kier alpha value is 0.300. The second-order valence-corrected chi connectivity index (χ2v) is 10.1. The van der Waals surface area contributed by atoms with Crippen molar-refractivity contribution in [3.8, 4) is 0 Å². The predicted octanol–water partition coefficient (Wildman–Crippen LogP) is 2.55. The highest BCUT2D eigenvalue weighted by Gasteiger charge is 2.75. The molecular weight excluding hydrogens is 266 g/mol. The van der Waals surface area contributed by atoms with Gasteiger partial charge < -0.3 is 14.3 Å². The fourth-order valence-electron chi connectivity index (χ4n) is 2.05. The standard InChI is InChI=1S/C9H20O6P2/c1-7(2)8(3,4)17(13,14-6)15-9(7,5)16(10,11)12/h1-6H3,(H2,10,11,12). The van der Waals surface area contributed by atoms with Gasteiger partial charge in [0, 0.05) is 12.5 Å². The van der Waals surface area contributed by atoms with Crippen LogP contribution in [0.15, 0.2) is 0 Å². The number of hydrogen-bond acceptors (Lipinski definition) is 4. The van der Waals surface area contributed by atoms with Crippen molar-refractivity contribution in [2.45, 2.75) is 45.1 Å². The monoisotopic (exact) mass is 286 g/mol. The molecule has 0 radical (unpaired) electrons. The normalized spacial score (nSPS) is 40.5. The van der Waals surface area contributed by atoms with Gasteiger partial charge in [-0.1, -0.05) is 13.8 Å². The Kier molecular flexibility index (Phi) is 3.30. The summed E-state index contributed by atoms with van der Waals surface area (Å²) in [4.78, 5) is 19.0. The molecule has 1 fully saturated rings. The van der Waals surface area contributed by atoms with Gasteiger partial charge in [0.25, 0.3) is 0 Å². The van der Waals surface area contributed by atoms with Crippen LogP contribution in [0.25, 0.3) is 0 Å². The van der Waals surface area contributed by atoms with Crippen LogP contribution < -0.4 is 0 Å². The van der Waals surface area contributed by atoms with E-state index in [-0.39, 0.29) is 0 Å². The van der Waals surface area contributed by atoms with Gasteiger partial charge in [0.05, 0.1) is 5.16 Å². The van der Waals surface area contributed by atoms with Crippen molar-refractivity contribution < 1.29 is 28.0 Å². The Labute approximate surface area is 101 Å². The van der Waals surface area contributed by atoms with Crippen LogP contribution in [0.3, 0.4) is 0 Å². The van der Waals surface area contributed by atoms with Crippen molar-refractivity contribution in [2.24, 2.45) is 5.41 Å². The quantitative estimate of drug-likeness (QED) is 0.758. The molecule has 1 rings (SSSR count). The lowest BCUT2D eigenvalue weighted by Gasteiger charge is -2.41. The van der Waals surface area contributed by atoms with E-state index >= 15 is 0 Å². The summed E-state index contributed by atoms with van der Waals surface area (Å²) >= 11 is 0. The van der Waals surface area contributed by atoms with Crippen LogP contribution in [0.5, 0.6) is 0 Å². The van der Waals surface area contributed by atoms with Gasteiger partial charge in [-0.3, -0.25) is 13.7 Å². The first-order chi connectivity index (χ1) is 7.27. The van der Waals surface area contributed by atoms with Gasteiger partial charge in [-0.15, -0.1) is 0 Å². The van der Waals surface area contributed by atoms with Crippen molar-refractivity contribution in [3.05, 3.63) is 0 Å². The Morgan fingerprint density at radius 3 is 1.76 bits per heavy atom. The zero-order valence-electron chi connectivity index (χ0n) is 10.9. The van der Waals surface area contributed by atoms with Crippen LogP contribution in [0.1, 0.15) is 34.6 Å². The van der Waals surface area contributed by atoms with Crippen LogP contribution in [0, 0.1) is 5.41 Å². The molecule has 17 heavy (non-hydrogen) atoms. The zero-order chi connectivity index (χ0) is 13.9. The molecule has 2 N–H and O–H groups in total. The number of hydrogen-bond donors (Lipinski definition) is 2. The summed E-state index contributed by atoms with van der Waals surface area (Å²) in [5.41, 5.74) is -1.01. The van der Waals surface area contributed by atoms with E-state index in [1.54, 1.807) is 27.7 Å². The molecule has 0 spiro atoms. The summed E-state index contributed by atoms with van der Waals surface area (Å²) in [6, 6.07) is 0. The maximum atomic E-state index is 12.5. The third-order valence-corrected chi connectivity index (χ3v) is 9.39. The highest BCUT2D eigenvalue weighted by atomic mass is 31.2. The summed E-state index contributed by atoms with van der Waals surface area (Å²) in [6.07, 6.45) is 0. The van der Waals surface area contributed by atoms with Crippen molar-refractivity contribution in [3.63, 3.8) is 0 Å². The van der Waals surface area contributed by atoms with Crippen LogP contribution in [-0.2, 0) is 18.2 Å². The zero-order valence-corrected chi connectivity index (χ0v) is 12.7. The van der Waals surface area contributed by atoms with Crippen molar-refractivity contribution in [1.82, 2.24) is 0 Å². The van der Waals surface area contributed by atoms with Crippen LogP contribution in [0.2, 0.25) is 0 Å². The first-order valence-corrected chi connectivity index (χ1v) is 8.34. The third-order valence-electron chi connectivity index (χ3n) is 4.47. The molecule has 1 heterocycles. The van der Waals surface area contributed by atoms with Gasteiger partial charge in [-0.05, 0) is 20.8 Å². The first kappa shape index (κ1) is 15.4. The van der Waals surface area contributed by atoms with E-state index in [1.807, 2.05) is 0 Å². The topological polar surface area (TPSA) is 93.1 Å². The fourth-order valence-corrected chi connectivity index (χ4v) is 6.25. The Morgan fingerprint density at radius 1 is 1.18 bits per heavy atom. The minimum absolute atomic E-state index is 0.995. The molecule has 0 aliphatic carbocycles. The molecule has 2 atom stereocenters. The van der Waals surface area contributed by atoms with E-state index in [4.69, 9.17) is 9.05 Å². The minimum atomic E-state index is -4.59. The summed E-state index contributed by atoms with van der Waals surface area (Å²) in [7, 11) is -6.95. The molecule has 2 unspecified atom stereocenters. The molecule has 1 aliphatic heterocycles. The molecule has 0 bridgehead atoms. The van der Waals surface area contributed by atoms with Crippen molar-refractivity contribution in [2.75, 3.05) is 7.11 Å². The van der Waals surface area contributed by atoms with E-state index in [1.165, 1.54) is 14.0 Å². The van der Waals surface area contributed by atoms with E-state index in [0.717, 1.165) is 0 Å². The molecular formula is C9H20O6P2. The van der Waals surface area contributed by atoms with Gasteiger partial charge >= 0.3 is 15.2 Å². The average Bonchev–Trinajstić information content (AvgIpc) is 2.24. The smallest absolute Gasteiger partial charge is 0.322 e. The van der Waals surface area contributed by atoms with Crippen LogP contribution in [0.4, 0.5) is 0 Å². The molecule has 1 aliphatic rings. The Bertz CT molecular complexity index is 423. The summed E-state index contributed by atoms with van der Waals surface area (Å²) in [6.45, 7) is 7.82. The largest absolute Gasteiger partial charge is 0.357 e. The Balaban J connectivity index is 3.55. The highest BCUT2D eigenvalue weighted by Crippen LogP contribution is 2.82. The van der Waals surface area contributed by atoms with E-state index in [9.17, 15) is 18.9 Å². The van der Waals surface area contributed by atoms with Crippen molar-refractivity contribution in [1.29, 1.82) is 0 Å². The predicted molar refractivity (Wildman–Crippen MR) is 64.0 cm³/mol. The molecule has 6 nitrogen and oxygen atoms in total. The van der Waals surface area contributed by atoms with Gasteiger partial charge in [0.2, 0.25) is 0 Å². The fraction of sp³-hybridized carbons (Fsp3) is 1.00.